The molecule has 0 atom stereocenters. The molecule has 0 unspecified atom stereocenters. The monoisotopic (exact) mass is 303 g/mol. The highest BCUT2D eigenvalue weighted by atomic mass is 32.1. The van der Waals surface area contributed by atoms with Gasteiger partial charge in [-0.25, -0.2) is 10.8 Å². The molecule has 1 aromatic carbocycles. The van der Waals surface area contributed by atoms with Crippen LogP contribution in [0.15, 0.2) is 24.3 Å². The van der Waals surface area contributed by atoms with Gasteiger partial charge in [0.25, 0.3) is 5.91 Å². The normalized spacial score (nSPS) is 14.0. The van der Waals surface area contributed by atoms with Crippen molar-refractivity contribution >= 4 is 17.2 Å². The lowest BCUT2D eigenvalue weighted by molar-refractivity contribution is 0.0956. The second-order valence-electron chi connectivity index (χ2n) is 5.17. The highest BCUT2D eigenvalue weighted by Crippen LogP contribution is 2.42. The van der Waals surface area contributed by atoms with Crippen LogP contribution in [0.25, 0.3) is 0 Å². The molecule has 0 radical (unpaired) electrons. The van der Waals surface area contributed by atoms with Crippen molar-refractivity contribution in [2.24, 2.45) is 5.84 Å². The molecule has 1 heterocycles. The lowest BCUT2D eigenvalue weighted by Gasteiger charge is -2.03. The third-order valence-electron chi connectivity index (χ3n) is 3.38. The maximum absolute atomic E-state index is 11.8. The molecule has 1 aliphatic rings. The molecule has 1 saturated carbocycles. The molecule has 110 valence electrons. The fourth-order valence-corrected chi connectivity index (χ4v) is 3.05. The average Bonchev–Trinajstić information content (AvgIpc) is 3.26. The lowest BCUT2D eigenvalue weighted by atomic mass is 10.2. The van der Waals surface area contributed by atoms with Crippen molar-refractivity contribution in [2.45, 2.75) is 32.3 Å². The Bertz CT molecular complexity index is 647. The molecule has 3 rings (SSSR count). The summed E-state index contributed by atoms with van der Waals surface area (Å²) in [5.41, 5.74) is 4.24. The molecule has 5 nitrogen and oxygen atoms in total. The Hall–Kier alpha value is -1.92. The molecular weight excluding hydrogens is 286 g/mol. The first kappa shape index (κ1) is 14.0. The maximum atomic E-state index is 11.8. The van der Waals surface area contributed by atoms with E-state index in [-0.39, 0.29) is 5.91 Å². The number of aryl methyl sites for hydroxylation is 1. The van der Waals surface area contributed by atoms with E-state index < -0.39 is 0 Å². The highest BCUT2D eigenvalue weighted by molar-refractivity contribution is 7.13. The zero-order valence-corrected chi connectivity index (χ0v) is 12.6. The van der Waals surface area contributed by atoms with Gasteiger partial charge in [0.05, 0.1) is 5.69 Å². The molecule has 0 bridgehead atoms. The van der Waals surface area contributed by atoms with E-state index in [1.54, 1.807) is 0 Å². The van der Waals surface area contributed by atoms with Gasteiger partial charge >= 0.3 is 0 Å². The van der Waals surface area contributed by atoms with Crippen LogP contribution in [0, 0.1) is 6.92 Å². The smallest absolute Gasteiger partial charge is 0.277 e. The number of nitrogens with two attached hydrogens (primary N) is 1. The van der Waals surface area contributed by atoms with Crippen molar-refractivity contribution in [3.05, 3.63) is 45.4 Å². The zero-order chi connectivity index (χ0) is 14.8. The standard InChI is InChI=1S/C15H17N3O2S/c1-9-2-6-11(7-3-9)20-8-12-17-13(10-4-5-10)14(21-12)15(19)18-16/h2-3,6-7,10H,4-5,8,16H2,1H3,(H,18,19). The van der Waals surface area contributed by atoms with Crippen LogP contribution in [0.1, 0.15) is 44.7 Å². The van der Waals surface area contributed by atoms with Gasteiger partial charge in [-0.1, -0.05) is 17.7 Å². The predicted octanol–water partition coefficient (Wildman–Crippen LogP) is 2.51. The number of hydrazine groups is 1. The Morgan fingerprint density at radius 2 is 2.14 bits per heavy atom. The molecule has 1 fully saturated rings. The molecule has 1 aliphatic carbocycles. The Balaban J connectivity index is 1.73. The number of nitrogens with one attached hydrogen (secondary N) is 1. The Kier molecular flexibility index (Phi) is 3.90. The Labute approximate surface area is 127 Å². The summed E-state index contributed by atoms with van der Waals surface area (Å²) in [6, 6.07) is 7.86. The second-order valence-corrected chi connectivity index (χ2v) is 6.26. The number of rotatable bonds is 5. The van der Waals surface area contributed by atoms with Crippen LogP contribution in [-0.4, -0.2) is 10.9 Å². The molecular formula is C15H17N3O2S. The predicted molar refractivity (Wildman–Crippen MR) is 81.3 cm³/mol. The van der Waals surface area contributed by atoms with Gasteiger partial charge in [0.1, 0.15) is 22.2 Å². The number of hydrogen-bond donors (Lipinski definition) is 2. The van der Waals surface area contributed by atoms with Crippen LogP contribution in [0.2, 0.25) is 0 Å². The first-order valence-corrected chi connectivity index (χ1v) is 7.69. The maximum Gasteiger partial charge on any atom is 0.277 e. The third kappa shape index (κ3) is 3.22. The minimum Gasteiger partial charge on any atom is -0.486 e. The van der Waals surface area contributed by atoms with Crippen molar-refractivity contribution in [3.63, 3.8) is 0 Å². The van der Waals surface area contributed by atoms with Crippen molar-refractivity contribution < 1.29 is 9.53 Å². The highest BCUT2D eigenvalue weighted by Gasteiger charge is 2.31. The SMILES string of the molecule is Cc1ccc(OCc2nc(C3CC3)c(C(=O)NN)s2)cc1. The molecule has 1 amide bonds. The average molecular weight is 303 g/mol. The summed E-state index contributed by atoms with van der Waals surface area (Å²) in [5.74, 6) is 6.17. The van der Waals surface area contributed by atoms with Crippen LogP contribution >= 0.6 is 11.3 Å². The summed E-state index contributed by atoms with van der Waals surface area (Å²) in [5, 5.41) is 0.802. The number of thiazole rings is 1. The van der Waals surface area contributed by atoms with Crippen LogP contribution in [0.3, 0.4) is 0 Å². The number of carbonyl (C=O) groups excluding carboxylic acids is 1. The van der Waals surface area contributed by atoms with Gasteiger partial charge in [0.15, 0.2) is 0 Å². The van der Waals surface area contributed by atoms with Gasteiger partial charge in [-0.15, -0.1) is 11.3 Å². The van der Waals surface area contributed by atoms with Crippen LogP contribution in [0.4, 0.5) is 0 Å². The number of carbonyl (C=O) groups is 1. The van der Waals surface area contributed by atoms with Gasteiger partial charge in [0.2, 0.25) is 0 Å². The van der Waals surface area contributed by atoms with Crippen molar-refractivity contribution in [1.82, 2.24) is 10.4 Å². The summed E-state index contributed by atoms with van der Waals surface area (Å²) >= 11 is 1.35. The van der Waals surface area contributed by atoms with Crippen LogP contribution in [0.5, 0.6) is 5.75 Å². The number of aromatic nitrogens is 1. The van der Waals surface area contributed by atoms with E-state index >= 15 is 0 Å². The first-order chi connectivity index (χ1) is 10.2. The number of nitrogens with zero attached hydrogens (tertiary/aromatic N) is 1. The minimum atomic E-state index is -0.268. The molecule has 2 aromatic rings. The topological polar surface area (TPSA) is 77.2 Å². The number of ether oxygens (including phenoxy) is 1. The molecule has 21 heavy (non-hydrogen) atoms. The lowest BCUT2D eigenvalue weighted by Crippen LogP contribution is -2.30. The Morgan fingerprint density at radius 1 is 1.43 bits per heavy atom. The summed E-state index contributed by atoms with van der Waals surface area (Å²) in [7, 11) is 0. The van der Waals surface area contributed by atoms with Crippen molar-refractivity contribution in [2.75, 3.05) is 0 Å². The van der Waals surface area contributed by atoms with E-state index in [0.29, 0.717) is 17.4 Å². The first-order valence-electron chi connectivity index (χ1n) is 6.87. The molecule has 0 spiro atoms. The quantitative estimate of drug-likeness (QED) is 0.505. The molecule has 1 aromatic heterocycles. The summed E-state index contributed by atoms with van der Waals surface area (Å²) in [6.45, 7) is 2.40. The fraction of sp³-hybridized carbons (Fsp3) is 0.333. The van der Waals surface area contributed by atoms with Gasteiger partial charge in [-0.2, -0.15) is 0 Å². The summed E-state index contributed by atoms with van der Waals surface area (Å²) in [6.07, 6.45) is 2.18. The molecule has 6 heteroatoms. The summed E-state index contributed by atoms with van der Waals surface area (Å²) in [4.78, 5) is 16.9. The molecule has 3 N–H and O–H groups in total. The van der Waals surface area contributed by atoms with Crippen LogP contribution < -0.4 is 16.0 Å². The van der Waals surface area contributed by atoms with Crippen molar-refractivity contribution in [1.29, 1.82) is 0 Å². The van der Waals surface area contributed by atoms with E-state index in [1.165, 1.54) is 16.9 Å². The summed E-state index contributed by atoms with van der Waals surface area (Å²) < 4.78 is 5.71. The van der Waals surface area contributed by atoms with E-state index in [2.05, 4.69) is 10.4 Å². The van der Waals surface area contributed by atoms with Gasteiger partial charge < -0.3 is 4.74 Å². The van der Waals surface area contributed by atoms with E-state index in [0.717, 1.165) is 29.3 Å². The minimum absolute atomic E-state index is 0.268. The number of amides is 1. The van der Waals surface area contributed by atoms with Crippen molar-refractivity contribution in [3.8, 4) is 5.75 Å². The van der Waals surface area contributed by atoms with Gasteiger partial charge in [-0.3, -0.25) is 10.2 Å². The number of benzene rings is 1. The van der Waals surface area contributed by atoms with Crippen LogP contribution in [-0.2, 0) is 6.61 Å². The largest absolute Gasteiger partial charge is 0.486 e. The number of nitrogen functional groups attached to an aromatic ring is 1. The Morgan fingerprint density at radius 3 is 2.76 bits per heavy atom. The molecule has 0 aliphatic heterocycles. The second kappa shape index (κ2) is 5.83. The van der Waals surface area contributed by atoms with E-state index in [4.69, 9.17) is 10.6 Å². The fourth-order valence-electron chi connectivity index (χ4n) is 2.08. The van der Waals surface area contributed by atoms with Gasteiger partial charge in [-0.05, 0) is 31.9 Å². The van der Waals surface area contributed by atoms with E-state index in [1.807, 2.05) is 31.2 Å². The number of hydrogen-bond acceptors (Lipinski definition) is 5. The van der Waals surface area contributed by atoms with E-state index in [9.17, 15) is 4.79 Å². The van der Waals surface area contributed by atoms with Gasteiger partial charge in [0, 0.05) is 5.92 Å². The molecule has 0 saturated heterocycles. The zero-order valence-electron chi connectivity index (χ0n) is 11.8. The third-order valence-corrected chi connectivity index (χ3v) is 4.43.